The normalized spacial score (nSPS) is 15.0. The zero-order chi connectivity index (χ0) is 20.1. The molecule has 0 aliphatic carbocycles. The second kappa shape index (κ2) is 9.23. The van der Waals surface area contributed by atoms with Crippen LogP contribution in [0.1, 0.15) is 24.1 Å². The summed E-state index contributed by atoms with van der Waals surface area (Å²) in [5.74, 6) is 0.663. The van der Waals surface area contributed by atoms with Gasteiger partial charge in [0, 0.05) is 31.9 Å². The molecule has 1 aliphatic heterocycles. The number of aromatic nitrogens is 2. The van der Waals surface area contributed by atoms with E-state index >= 15 is 0 Å². The van der Waals surface area contributed by atoms with Crippen LogP contribution in [0.25, 0.3) is 11.0 Å². The molecular weight excluding hydrogens is 360 g/mol. The van der Waals surface area contributed by atoms with Gasteiger partial charge in [-0.1, -0.05) is 30.3 Å². The number of benzene rings is 2. The van der Waals surface area contributed by atoms with Crippen LogP contribution in [-0.4, -0.2) is 54.2 Å². The minimum absolute atomic E-state index is 0.663. The first-order valence-electron chi connectivity index (χ1n) is 10.6. The smallest absolute Gasteiger partial charge is 0.235 e. The molecule has 0 saturated carbocycles. The first-order chi connectivity index (χ1) is 14.2. The molecule has 0 amide bonds. The van der Waals surface area contributed by atoms with E-state index in [0.29, 0.717) is 12.5 Å². The molecule has 3 aromatic rings. The predicted octanol–water partition coefficient (Wildman–Crippen LogP) is 4.23. The third-order valence-corrected chi connectivity index (χ3v) is 5.64. The molecule has 0 spiro atoms. The van der Waals surface area contributed by atoms with Crippen molar-refractivity contribution in [2.75, 3.05) is 44.2 Å². The zero-order valence-electron chi connectivity index (χ0n) is 17.5. The van der Waals surface area contributed by atoms with Crippen molar-refractivity contribution in [2.45, 2.75) is 26.7 Å². The molecule has 1 aliphatic rings. The van der Waals surface area contributed by atoms with Crippen LogP contribution >= 0.6 is 0 Å². The van der Waals surface area contributed by atoms with Crippen molar-refractivity contribution in [1.82, 2.24) is 14.9 Å². The van der Waals surface area contributed by atoms with Crippen molar-refractivity contribution >= 4 is 16.7 Å². The van der Waals surface area contributed by atoms with Crippen LogP contribution in [0.4, 0.5) is 5.69 Å². The Morgan fingerprint density at radius 2 is 1.52 bits per heavy atom. The Bertz CT molecular complexity index is 951. The van der Waals surface area contributed by atoms with E-state index in [4.69, 9.17) is 4.74 Å². The Morgan fingerprint density at radius 3 is 2.28 bits per heavy atom. The number of piperazine rings is 1. The average Bonchev–Trinajstić information content (AvgIpc) is 2.75. The van der Waals surface area contributed by atoms with E-state index in [1.54, 1.807) is 0 Å². The lowest BCUT2D eigenvalue weighted by Crippen LogP contribution is -2.46. The van der Waals surface area contributed by atoms with Gasteiger partial charge in [-0.25, -0.2) is 9.97 Å². The highest BCUT2D eigenvalue weighted by Gasteiger charge is 2.17. The van der Waals surface area contributed by atoms with Crippen molar-refractivity contribution in [3.8, 4) is 5.88 Å². The summed E-state index contributed by atoms with van der Waals surface area (Å²) >= 11 is 0. The Labute approximate surface area is 173 Å². The largest absolute Gasteiger partial charge is 0.476 e. The third kappa shape index (κ3) is 4.85. The lowest BCUT2D eigenvalue weighted by molar-refractivity contribution is 0.236. The van der Waals surface area contributed by atoms with Gasteiger partial charge >= 0.3 is 0 Å². The fourth-order valence-corrected chi connectivity index (χ4v) is 3.95. The van der Waals surface area contributed by atoms with Crippen LogP contribution in [0.5, 0.6) is 5.88 Å². The number of hydrogen-bond donors (Lipinski definition) is 0. The molecule has 4 rings (SSSR count). The van der Waals surface area contributed by atoms with Crippen LogP contribution in [0.3, 0.4) is 0 Å². The summed E-state index contributed by atoms with van der Waals surface area (Å²) in [7, 11) is 0. The Balaban J connectivity index is 1.18. The molecule has 2 aromatic carbocycles. The molecule has 0 unspecified atom stereocenters. The van der Waals surface area contributed by atoms with Crippen molar-refractivity contribution < 1.29 is 4.74 Å². The molecule has 5 heteroatoms. The first-order valence-corrected chi connectivity index (χ1v) is 10.6. The van der Waals surface area contributed by atoms with E-state index in [1.807, 2.05) is 31.2 Å². The van der Waals surface area contributed by atoms with Crippen molar-refractivity contribution in [1.29, 1.82) is 0 Å². The number of para-hydroxylation sites is 3. The number of rotatable bonds is 7. The SMILES string of the molecule is Cc1ccccc1N1CCN(CCCCOc2nc3ccccc3nc2C)CC1. The summed E-state index contributed by atoms with van der Waals surface area (Å²) < 4.78 is 5.92. The number of anilines is 1. The van der Waals surface area contributed by atoms with E-state index in [2.05, 4.69) is 51.0 Å². The topological polar surface area (TPSA) is 41.5 Å². The van der Waals surface area contributed by atoms with Gasteiger partial charge in [0.2, 0.25) is 5.88 Å². The summed E-state index contributed by atoms with van der Waals surface area (Å²) in [6.45, 7) is 10.5. The number of fused-ring (bicyclic) bond motifs is 1. The summed E-state index contributed by atoms with van der Waals surface area (Å²) in [5.41, 5.74) is 5.41. The van der Waals surface area contributed by atoms with E-state index in [9.17, 15) is 0 Å². The fraction of sp³-hybridized carbons (Fsp3) is 0.417. The van der Waals surface area contributed by atoms with Gasteiger partial charge in [0.1, 0.15) is 5.69 Å². The maximum atomic E-state index is 5.92. The van der Waals surface area contributed by atoms with Gasteiger partial charge in [0.15, 0.2) is 0 Å². The minimum atomic E-state index is 0.663. The standard InChI is InChI=1S/C24H30N4O/c1-19-9-3-6-12-23(19)28-16-14-27(15-17-28)13-7-8-18-29-24-20(2)25-21-10-4-5-11-22(21)26-24/h3-6,9-12H,7-8,13-18H2,1-2H3. The summed E-state index contributed by atoms with van der Waals surface area (Å²) in [6.07, 6.45) is 2.18. The Kier molecular flexibility index (Phi) is 6.25. The zero-order valence-corrected chi connectivity index (χ0v) is 17.5. The van der Waals surface area contributed by atoms with Gasteiger partial charge in [-0.15, -0.1) is 0 Å². The predicted molar refractivity (Wildman–Crippen MR) is 119 cm³/mol. The highest BCUT2D eigenvalue weighted by atomic mass is 16.5. The molecule has 0 N–H and O–H groups in total. The van der Waals surface area contributed by atoms with Crippen LogP contribution in [0.2, 0.25) is 0 Å². The van der Waals surface area contributed by atoms with E-state index in [1.165, 1.54) is 11.3 Å². The van der Waals surface area contributed by atoms with Gasteiger partial charge in [-0.05, 0) is 57.0 Å². The fourth-order valence-electron chi connectivity index (χ4n) is 3.95. The Morgan fingerprint density at radius 1 is 0.828 bits per heavy atom. The number of aryl methyl sites for hydroxylation is 2. The molecule has 0 bridgehead atoms. The lowest BCUT2D eigenvalue weighted by atomic mass is 10.1. The molecule has 1 aromatic heterocycles. The van der Waals surface area contributed by atoms with Gasteiger partial charge in [-0.3, -0.25) is 4.90 Å². The molecule has 152 valence electrons. The highest BCUT2D eigenvalue weighted by molar-refractivity contribution is 5.74. The van der Waals surface area contributed by atoms with Crippen molar-refractivity contribution in [3.63, 3.8) is 0 Å². The maximum absolute atomic E-state index is 5.92. The Hall–Kier alpha value is -2.66. The van der Waals surface area contributed by atoms with Crippen LogP contribution in [0.15, 0.2) is 48.5 Å². The molecule has 5 nitrogen and oxygen atoms in total. The third-order valence-electron chi connectivity index (χ3n) is 5.64. The van der Waals surface area contributed by atoms with E-state index in [-0.39, 0.29) is 0 Å². The van der Waals surface area contributed by atoms with Crippen LogP contribution in [-0.2, 0) is 0 Å². The summed E-state index contributed by atoms with van der Waals surface area (Å²) in [4.78, 5) is 14.3. The highest BCUT2D eigenvalue weighted by Crippen LogP contribution is 2.21. The number of hydrogen-bond acceptors (Lipinski definition) is 5. The van der Waals surface area contributed by atoms with Crippen molar-refractivity contribution in [3.05, 3.63) is 59.8 Å². The van der Waals surface area contributed by atoms with Crippen molar-refractivity contribution in [2.24, 2.45) is 0 Å². The number of nitrogens with zero attached hydrogens (tertiary/aromatic N) is 4. The van der Waals surface area contributed by atoms with Gasteiger partial charge in [0.05, 0.1) is 17.6 Å². The lowest BCUT2D eigenvalue weighted by Gasteiger charge is -2.36. The minimum Gasteiger partial charge on any atom is -0.476 e. The van der Waals surface area contributed by atoms with E-state index < -0.39 is 0 Å². The summed E-state index contributed by atoms with van der Waals surface area (Å²) in [6, 6.07) is 16.6. The van der Waals surface area contributed by atoms with E-state index in [0.717, 1.165) is 62.3 Å². The molecule has 0 atom stereocenters. The molecule has 1 fully saturated rings. The molecular formula is C24H30N4O. The first kappa shape index (κ1) is 19.6. The van der Waals surface area contributed by atoms with Gasteiger partial charge in [-0.2, -0.15) is 0 Å². The average molecular weight is 391 g/mol. The molecule has 29 heavy (non-hydrogen) atoms. The molecule has 0 radical (unpaired) electrons. The second-order valence-electron chi connectivity index (χ2n) is 7.77. The number of unbranched alkanes of at least 4 members (excludes halogenated alkanes) is 1. The molecule has 2 heterocycles. The quantitative estimate of drug-likeness (QED) is 0.565. The summed E-state index contributed by atoms with van der Waals surface area (Å²) in [5, 5.41) is 0. The molecule has 1 saturated heterocycles. The van der Waals surface area contributed by atoms with Crippen LogP contribution in [0, 0.1) is 13.8 Å². The second-order valence-corrected chi connectivity index (χ2v) is 7.77. The van der Waals surface area contributed by atoms with Gasteiger partial charge in [0.25, 0.3) is 0 Å². The maximum Gasteiger partial charge on any atom is 0.235 e. The van der Waals surface area contributed by atoms with Crippen LogP contribution < -0.4 is 9.64 Å². The number of ether oxygens (including phenoxy) is 1. The monoisotopic (exact) mass is 390 g/mol. The van der Waals surface area contributed by atoms with Gasteiger partial charge < -0.3 is 9.64 Å².